The third-order valence-corrected chi connectivity index (χ3v) is 3.79. The van der Waals surface area contributed by atoms with Crippen molar-refractivity contribution in [2.75, 3.05) is 18.4 Å². The first-order valence-corrected chi connectivity index (χ1v) is 8.19. The molecule has 0 aromatic heterocycles. The third kappa shape index (κ3) is 5.22. The fraction of sp³-hybridized carbons (Fsp3) is 0.300. The number of para-hydroxylation sites is 1. The Labute approximate surface area is 143 Å². The van der Waals surface area contributed by atoms with Crippen LogP contribution in [0.1, 0.15) is 30.0 Å². The molecule has 0 aliphatic carbocycles. The van der Waals surface area contributed by atoms with Gasteiger partial charge in [-0.15, -0.1) is 0 Å². The van der Waals surface area contributed by atoms with E-state index in [9.17, 15) is 4.79 Å². The van der Waals surface area contributed by atoms with Gasteiger partial charge in [0, 0.05) is 12.2 Å². The monoisotopic (exact) mass is 321 g/mol. The number of rotatable bonds is 7. The zero-order valence-electron chi connectivity index (χ0n) is 14.2. The van der Waals surface area contributed by atoms with Crippen molar-refractivity contribution in [3.63, 3.8) is 0 Å². The van der Waals surface area contributed by atoms with E-state index in [1.165, 1.54) is 0 Å². The van der Waals surface area contributed by atoms with Gasteiger partial charge in [-0.1, -0.05) is 37.3 Å². The maximum absolute atomic E-state index is 12.4. The van der Waals surface area contributed by atoms with Gasteiger partial charge >= 0.3 is 0 Å². The molecule has 2 aromatic rings. The molecule has 124 valence electrons. The van der Waals surface area contributed by atoms with E-state index in [4.69, 9.17) is 5.26 Å². The fourth-order valence-electron chi connectivity index (χ4n) is 2.63. The van der Waals surface area contributed by atoms with E-state index in [1.807, 2.05) is 49.4 Å². The topological polar surface area (TPSA) is 56.1 Å². The summed E-state index contributed by atoms with van der Waals surface area (Å²) >= 11 is 0. The van der Waals surface area contributed by atoms with Crippen LogP contribution in [0.15, 0.2) is 48.5 Å². The van der Waals surface area contributed by atoms with Crippen LogP contribution in [0.3, 0.4) is 0 Å². The molecule has 0 unspecified atom stereocenters. The highest BCUT2D eigenvalue weighted by atomic mass is 16.2. The predicted molar refractivity (Wildman–Crippen MR) is 96.5 cm³/mol. The van der Waals surface area contributed by atoms with Crippen molar-refractivity contribution in [3.8, 4) is 6.07 Å². The first-order valence-electron chi connectivity index (χ1n) is 8.19. The van der Waals surface area contributed by atoms with E-state index in [-0.39, 0.29) is 5.91 Å². The average Bonchev–Trinajstić information content (AvgIpc) is 2.57. The Morgan fingerprint density at radius 2 is 2.00 bits per heavy atom. The van der Waals surface area contributed by atoms with E-state index >= 15 is 0 Å². The second-order valence-corrected chi connectivity index (χ2v) is 5.89. The molecule has 0 radical (unpaired) electrons. The molecule has 2 rings (SSSR count). The van der Waals surface area contributed by atoms with Gasteiger partial charge in [-0.3, -0.25) is 9.69 Å². The molecule has 2 aromatic carbocycles. The summed E-state index contributed by atoms with van der Waals surface area (Å²) in [6, 6.07) is 17.5. The van der Waals surface area contributed by atoms with Crippen molar-refractivity contribution in [2.24, 2.45) is 0 Å². The second-order valence-electron chi connectivity index (χ2n) is 5.89. The summed E-state index contributed by atoms with van der Waals surface area (Å²) in [6.45, 7) is 5.90. The molecular formula is C20H23N3O. The average molecular weight is 321 g/mol. The van der Waals surface area contributed by atoms with Crippen LogP contribution in [0, 0.1) is 18.3 Å². The van der Waals surface area contributed by atoms with Gasteiger partial charge in [-0.2, -0.15) is 5.26 Å². The second kappa shape index (κ2) is 8.85. The summed E-state index contributed by atoms with van der Waals surface area (Å²) in [6.07, 6.45) is 0.968. The van der Waals surface area contributed by atoms with Crippen molar-refractivity contribution in [3.05, 3.63) is 65.2 Å². The third-order valence-electron chi connectivity index (χ3n) is 3.79. The Hall–Kier alpha value is -2.64. The molecule has 0 saturated carbocycles. The molecule has 4 heteroatoms. The fourth-order valence-corrected chi connectivity index (χ4v) is 2.63. The van der Waals surface area contributed by atoms with Crippen LogP contribution in [-0.4, -0.2) is 23.9 Å². The van der Waals surface area contributed by atoms with E-state index in [0.717, 1.165) is 29.8 Å². The summed E-state index contributed by atoms with van der Waals surface area (Å²) < 4.78 is 0. The summed E-state index contributed by atoms with van der Waals surface area (Å²) in [5.41, 5.74) is 3.60. The number of nitrogens with one attached hydrogen (secondary N) is 1. The standard InChI is InChI=1S/C20H23N3O/c1-3-11-23(14-18-9-6-8-17(12-18)13-21)15-20(24)22-19-10-5-4-7-16(19)2/h4-10,12H,3,11,14-15H2,1-2H3,(H,22,24). The molecule has 0 aliphatic rings. The van der Waals surface area contributed by atoms with Crippen molar-refractivity contribution in [2.45, 2.75) is 26.8 Å². The summed E-state index contributed by atoms with van der Waals surface area (Å²) in [7, 11) is 0. The Kier molecular flexibility index (Phi) is 6.53. The lowest BCUT2D eigenvalue weighted by molar-refractivity contribution is -0.117. The van der Waals surface area contributed by atoms with Crippen molar-refractivity contribution < 1.29 is 4.79 Å². The highest BCUT2D eigenvalue weighted by Gasteiger charge is 2.12. The maximum atomic E-state index is 12.4. The molecule has 4 nitrogen and oxygen atoms in total. The lowest BCUT2D eigenvalue weighted by Crippen LogP contribution is -2.33. The number of aryl methyl sites for hydroxylation is 1. The molecule has 0 saturated heterocycles. The van der Waals surface area contributed by atoms with Crippen molar-refractivity contribution in [1.82, 2.24) is 4.90 Å². The SMILES string of the molecule is CCCN(CC(=O)Nc1ccccc1C)Cc1cccc(C#N)c1. The summed E-state index contributed by atoms with van der Waals surface area (Å²) in [5.74, 6) is -0.0193. The minimum Gasteiger partial charge on any atom is -0.325 e. The van der Waals surface area contributed by atoms with Crippen LogP contribution in [0.4, 0.5) is 5.69 Å². The van der Waals surface area contributed by atoms with Crippen molar-refractivity contribution >= 4 is 11.6 Å². The predicted octanol–water partition coefficient (Wildman–Crippen LogP) is 3.72. The van der Waals surface area contributed by atoms with Crippen LogP contribution in [0.5, 0.6) is 0 Å². The van der Waals surface area contributed by atoms with E-state index < -0.39 is 0 Å². The van der Waals surface area contributed by atoms with E-state index in [1.54, 1.807) is 6.07 Å². The van der Waals surface area contributed by atoms with Gasteiger partial charge in [-0.25, -0.2) is 0 Å². The number of hydrogen-bond acceptors (Lipinski definition) is 3. The van der Waals surface area contributed by atoms with Crippen LogP contribution in [0.25, 0.3) is 0 Å². The molecule has 0 spiro atoms. The minimum absolute atomic E-state index is 0.0193. The van der Waals surface area contributed by atoms with Gasteiger partial charge in [0.2, 0.25) is 5.91 Å². The number of carbonyl (C=O) groups is 1. The number of nitrogens with zero attached hydrogens (tertiary/aromatic N) is 2. The lowest BCUT2D eigenvalue weighted by atomic mass is 10.1. The lowest BCUT2D eigenvalue weighted by Gasteiger charge is -2.21. The van der Waals surface area contributed by atoms with Crippen LogP contribution >= 0.6 is 0 Å². The minimum atomic E-state index is -0.0193. The zero-order chi connectivity index (χ0) is 17.4. The first kappa shape index (κ1) is 17.7. The number of hydrogen-bond donors (Lipinski definition) is 1. The molecule has 0 atom stereocenters. The van der Waals surface area contributed by atoms with Gasteiger partial charge in [0.05, 0.1) is 18.2 Å². The first-order chi connectivity index (χ1) is 11.6. The van der Waals surface area contributed by atoms with Crippen LogP contribution < -0.4 is 5.32 Å². The molecule has 0 bridgehead atoms. The van der Waals surface area contributed by atoms with E-state index in [2.05, 4.69) is 23.2 Å². The number of nitriles is 1. The largest absolute Gasteiger partial charge is 0.325 e. The number of benzene rings is 2. The van der Waals surface area contributed by atoms with Crippen LogP contribution in [-0.2, 0) is 11.3 Å². The molecular weight excluding hydrogens is 298 g/mol. The Morgan fingerprint density at radius 3 is 2.71 bits per heavy atom. The van der Waals surface area contributed by atoms with Gasteiger partial charge in [0.25, 0.3) is 0 Å². The molecule has 1 N–H and O–H groups in total. The van der Waals surface area contributed by atoms with Crippen LogP contribution in [0.2, 0.25) is 0 Å². The molecule has 24 heavy (non-hydrogen) atoms. The molecule has 0 fully saturated rings. The number of anilines is 1. The maximum Gasteiger partial charge on any atom is 0.238 e. The summed E-state index contributed by atoms with van der Waals surface area (Å²) in [5, 5.41) is 12.0. The highest BCUT2D eigenvalue weighted by molar-refractivity contribution is 5.92. The smallest absolute Gasteiger partial charge is 0.238 e. The number of amides is 1. The quantitative estimate of drug-likeness (QED) is 0.845. The zero-order valence-corrected chi connectivity index (χ0v) is 14.2. The Balaban J connectivity index is 2.01. The summed E-state index contributed by atoms with van der Waals surface area (Å²) in [4.78, 5) is 14.5. The van der Waals surface area contributed by atoms with E-state index in [0.29, 0.717) is 18.7 Å². The normalized spacial score (nSPS) is 10.4. The number of carbonyl (C=O) groups excluding carboxylic acids is 1. The van der Waals surface area contributed by atoms with Crippen molar-refractivity contribution in [1.29, 1.82) is 5.26 Å². The Morgan fingerprint density at radius 1 is 1.21 bits per heavy atom. The molecule has 1 amide bonds. The molecule has 0 aliphatic heterocycles. The Bertz CT molecular complexity index is 734. The van der Waals surface area contributed by atoms with Gasteiger partial charge < -0.3 is 5.32 Å². The van der Waals surface area contributed by atoms with Gasteiger partial charge in [0.1, 0.15) is 0 Å². The highest BCUT2D eigenvalue weighted by Crippen LogP contribution is 2.13. The molecule has 0 heterocycles. The van der Waals surface area contributed by atoms with Gasteiger partial charge in [0.15, 0.2) is 0 Å². The van der Waals surface area contributed by atoms with Gasteiger partial charge in [-0.05, 0) is 49.2 Å².